The minimum Gasteiger partial charge on any atom is -0.310 e. The van der Waals surface area contributed by atoms with E-state index in [4.69, 9.17) is 0 Å². The van der Waals surface area contributed by atoms with Crippen molar-refractivity contribution in [2.45, 2.75) is 0 Å². The zero-order valence-electron chi connectivity index (χ0n) is 33.9. The molecule has 0 fully saturated rings. The summed E-state index contributed by atoms with van der Waals surface area (Å²) in [4.78, 5) is 2.41. The first-order chi connectivity index (χ1) is 30.7. The average Bonchev–Trinajstić information content (AvgIpc) is 3.72. The Balaban J connectivity index is 1.21. The molecule has 62 heavy (non-hydrogen) atoms. The largest absolute Gasteiger partial charge is 0.310 e. The summed E-state index contributed by atoms with van der Waals surface area (Å²) in [5.74, 6) is 0. The molecule has 0 amide bonds. The first-order valence-corrected chi connectivity index (χ1v) is 22.1. The van der Waals surface area contributed by atoms with E-state index in [2.05, 4.69) is 241 Å². The van der Waals surface area contributed by atoms with E-state index in [0.29, 0.717) is 0 Å². The summed E-state index contributed by atoms with van der Waals surface area (Å²) in [5, 5.41) is 14.8. The highest BCUT2D eigenvalue weighted by atomic mass is 32.1. The average molecular weight is 806 g/mol. The molecule has 0 saturated heterocycles. The quantitative estimate of drug-likeness (QED) is 0.167. The standard InChI is InChI=1S/C60H39NS/c1-3-15-40(16-4-1)42-27-31-44(32-28-42)61(45-33-29-43(30-34-45)41-17-5-2-6-18-41)46-35-36-53-51-23-10-9-21-49(51)47-19-7-8-20-48(47)50-22-11-12-24-52(50)56-38-58-54-25-13-14-26-59(54)62-60(58)39-57(56)55(53)37-46/h1-39H. The van der Waals surface area contributed by atoms with E-state index >= 15 is 0 Å². The second kappa shape index (κ2) is 15.0. The molecule has 0 aliphatic carbocycles. The van der Waals surface area contributed by atoms with Gasteiger partial charge in [0.15, 0.2) is 0 Å². The fraction of sp³-hybridized carbons (Fsp3) is 0. The lowest BCUT2D eigenvalue weighted by molar-refractivity contribution is 1.29. The van der Waals surface area contributed by atoms with Crippen molar-refractivity contribution in [1.29, 1.82) is 0 Å². The van der Waals surface area contributed by atoms with Gasteiger partial charge in [-0.2, -0.15) is 0 Å². The van der Waals surface area contributed by atoms with Gasteiger partial charge in [0, 0.05) is 37.2 Å². The minimum absolute atomic E-state index is 1.09. The van der Waals surface area contributed by atoms with Crippen LogP contribution in [0.2, 0.25) is 0 Å². The maximum atomic E-state index is 2.47. The predicted octanol–water partition coefficient (Wildman–Crippen LogP) is 17.7. The van der Waals surface area contributed by atoms with Crippen molar-refractivity contribution in [1.82, 2.24) is 0 Å². The third kappa shape index (κ3) is 6.15. The van der Waals surface area contributed by atoms with Gasteiger partial charge in [0.2, 0.25) is 0 Å². The molecule has 0 spiro atoms. The van der Waals surface area contributed by atoms with Gasteiger partial charge in [-0.05, 0) is 131 Å². The summed E-state index contributed by atoms with van der Waals surface area (Å²) in [6.45, 7) is 0. The highest BCUT2D eigenvalue weighted by molar-refractivity contribution is 7.25. The van der Waals surface area contributed by atoms with E-state index in [1.165, 1.54) is 96.3 Å². The van der Waals surface area contributed by atoms with Crippen molar-refractivity contribution in [2.75, 3.05) is 4.90 Å². The van der Waals surface area contributed by atoms with Crippen molar-refractivity contribution in [2.24, 2.45) is 0 Å². The maximum absolute atomic E-state index is 2.47. The molecule has 0 unspecified atom stereocenters. The van der Waals surface area contributed by atoms with E-state index < -0.39 is 0 Å². The van der Waals surface area contributed by atoms with Gasteiger partial charge < -0.3 is 4.90 Å². The van der Waals surface area contributed by atoms with Crippen LogP contribution < -0.4 is 4.90 Å². The Morgan fingerprint density at radius 2 is 0.565 bits per heavy atom. The summed E-state index contributed by atoms with van der Waals surface area (Å²) in [5.41, 5.74) is 8.07. The van der Waals surface area contributed by atoms with Gasteiger partial charge in [0.05, 0.1) is 0 Å². The maximum Gasteiger partial charge on any atom is 0.0468 e. The lowest BCUT2D eigenvalue weighted by Crippen LogP contribution is -2.09. The Hall–Kier alpha value is -7.78. The molecule has 2 heteroatoms. The van der Waals surface area contributed by atoms with Crippen molar-refractivity contribution in [3.8, 4) is 22.3 Å². The Kier molecular flexibility index (Phi) is 8.76. The molecule has 11 aromatic carbocycles. The van der Waals surface area contributed by atoms with Crippen LogP contribution in [0.1, 0.15) is 0 Å². The van der Waals surface area contributed by atoms with Crippen molar-refractivity contribution in [3.05, 3.63) is 237 Å². The molecule has 1 heterocycles. The second-order valence-electron chi connectivity index (χ2n) is 16.0. The van der Waals surface area contributed by atoms with E-state index in [1.807, 2.05) is 11.3 Å². The summed E-state index contributed by atoms with van der Waals surface area (Å²) in [7, 11) is 0. The lowest BCUT2D eigenvalue weighted by Gasteiger charge is -2.26. The highest BCUT2D eigenvalue weighted by Crippen LogP contribution is 2.44. The number of hydrogen-bond donors (Lipinski definition) is 0. The molecule has 12 aromatic rings. The molecular weight excluding hydrogens is 767 g/mol. The third-order valence-electron chi connectivity index (χ3n) is 12.5. The molecule has 1 aromatic heterocycles. The Labute approximate surface area is 364 Å². The number of rotatable bonds is 5. The van der Waals surface area contributed by atoms with Gasteiger partial charge in [-0.3, -0.25) is 0 Å². The summed E-state index contributed by atoms with van der Waals surface area (Å²) < 4.78 is 2.59. The topological polar surface area (TPSA) is 3.24 Å². The Bertz CT molecular complexity index is 3640. The summed E-state index contributed by atoms with van der Waals surface area (Å²) in [6, 6.07) is 87.1. The molecule has 0 atom stereocenters. The fourth-order valence-corrected chi connectivity index (χ4v) is 10.6. The van der Waals surface area contributed by atoms with Crippen LogP contribution >= 0.6 is 11.3 Å². The van der Waals surface area contributed by atoms with Gasteiger partial charge in [-0.15, -0.1) is 11.3 Å². The van der Waals surface area contributed by atoms with Crippen molar-refractivity contribution in [3.63, 3.8) is 0 Å². The zero-order chi connectivity index (χ0) is 41.0. The van der Waals surface area contributed by atoms with Crippen LogP contribution in [0.15, 0.2) is 237 Å². The summed E-state index contributed by atoms with van der Waals surface area (Å²) in [6.07, 6.45) is 0. The second-order valence-corrected chi connectivity index (χ2v) is 17.1. The molecule has 0 aliphatic heterocycles. The molecule has 0 saturated carbocycles. The van der Waals surface area contributed by atoms with Crippen LogP contribution in [-0.4, -0.2) is 0 Å². The number of hydrogen-bond acceptors (Lipinski definition) is 2. The summed E-state index contributed by atoms with van der Waals surface area (Å²) >= 11 is 1.88. The van der Waals surface area contributed by atoms with Crippen molar-refractivity contribution >= 4 is 102 Å². The van der Waals surface area contributed by atoms with Gasteiger partial charge in [0.1, 0.15) is 0 Å². The number of benzene rings is 10. The van der Waals surface area contributed by atoms with E-state index in [-0.39, 0.29) is 0 Å². The van der Waals surface area contributed by atoms with Crippen LogP contribution in [0.4, 0.5) is 17.1 Å². The number of nitrogens with zero attached hydrogens (tertiary/aromatic N) is 1. The number of fused-ring (bicyclic) bond motifs is 13. The van der Waals surface area contributed by atoms with Gasteiger partial charge >= 0.3 is 0 Å². The molecular formula is C60H39NS. The highest BCUT2D eigenvalue weighted by Gasteiger charge is 2.17. The van der Waals surface area contributed by atoms with E-state index in [1.54, 1.807) is 0 Å². The van der Waals surface area contributed by atoms with Crippen LogP contribution in [-0.2, 0) is 0 Å². The number of anilines is 3. The molecule has 0 aliphatic rings. The molecule has 12 rings (SSSR count). The zero-order valence-corrected chi connectivity index (χ0v) is 34.7. The van der Waals surface area contributed by atoms with Gasteiger partial charge in [-0.1, -0.05) is 182 Å². The minimum atomic E-state index is 1.09. The molecule has 0 bridgehead atoms. The van der Waals surface area contributed by atoms with Crippen LogP contribution in [0.5, 0.6) is 0 Å². The van der Waals surface area contributed by atoms with Gasteiger partial charge in [0.25, 0.3) is 0 Å². The Morgan fingerprint density at radius 1 is 0.210 bits per heavy atom. The molecule has 1 nitrogen and oxygen atoms in total. The fourth-order valence-electron chi connectivity index (χ4n) is 9.52. The SMILES string of the molecule is c1ccc(-c2ccc(N(c3ccc(-c4ccccc4)cc3)c3ccc4c5ccccc5c5ccccc5c5ccccc5c5cc6c(cc5c4c3)sc3ccccc36)cc2)cc1. The van der Waals surface area contributed by atoms with E-state index in [0.717, 1.165) is 17.1 Å². The first-order valence-electron chi connectivity index (χ1n) is 21.2. The molecule has 0 radical (unpaired) electrons. The van der Waals surface area contributed by atoms with Gasteiger partial charge in [-0.25, -0.2) is 0 Å². The monoisotopic (exact) mass is 805 g/mol. The van der Waals surface area contributed by atoms with Crippen LogP contribution in [0, 0.1) is 0 Å². The molecule has 290 valence electrons. The third-order valence-corrected chi connectivity index (χ3v) is 13.6. The lowest BCUT2D eigenvalue weighted by atomic mass is 9.93. The number of thiophene rings is 1. The smallest absolute Gasteiger partial charge is 0.0468 e. The van der Waals surface area contributed by atoms with Crippen LogP contribution in [0.25, 0.3) is 96.3 Å². The Morgan fingerprint density at radius 3 is 1.06 bits per heavy atom. The normalized spacial score (nSPS) is 11.5. The van der Waals surface area contributed by atoms with E-state index in [9.17, 15) is 0 Å². The van der Waals surface area contributed by atoms with Crippen molar-refractivity contribution < 1.29 is 0 Å². The van der Waals surface area contributed by atoms with Crippen LogP contribution in [0.3, 0.4) is 0 Å². The predicted molar refractivity (Wildman–Crippen MR) is 270 cm³/mol. The molecule has 0 N–H and O–H groups in total. The first kappa shape index (κ1) is 36.1.